The molecular formula is C23H16BrF3N4O3S2. The zero-order valence-corrected chi connectivity index (χ0v) is 21.6. The molecule has 0 bridgehead atoms. The van der Waals surface area contributed by atoms with Crippen LogP contribution in [0.5, 0.6) is 11.6 Å². The Morgan fingerprint density at radius 2 is 1.78 bits per heavy atom. The summed E-state index contributed by atoms with van der Waals surface area (Å²) in [6.07, 6.45) is 4.65. The molecule has 0 saturated heterocycles. The fraction of sp³-hybridized carbons (Fsp3) is 0.0870. The Hall–Kier alpha value is -3.16. The minimum Gasteiger partial charge on any atom is -0.435 e. The van der Waals surface area contributed by atoms with Crippen molar-refractivity contribution in [2.24, 2.45) is 0 Å². The fourth-order valence-electron chi connectivity index (χ4n) is 3.09. The number of nitrogens with one attached hydrogen (secondary N) is 1. The molecule has 7 nitrogen and oxygen atoms in total. The molecule has 0 radical (unpaired) electrons. The van der Waals surface area contributed by atoms with E-state index in [4.69, 9.17) is 4.74 Å². The predicted octanol–water partition coefficient (Wildman–Crippen LogP) is 6.17. The zero-order valence-electron chi connectivity index (χ0n) is 18.4. The SMILES string of the molecule is CSc1nccc(-c2cccnc2Oc2cc(F)c(NS(=O)(=O)Cc3ccc(Br)cc3)c(F)c2F)n1. The van der Waals surface area contributed by atoms with E-state index < -0.39 is 44.7 Å². The Bertz CT molecular complexity index is 1520. The van der Waals surface area contributed by atoms with E-state index in [1.807, 2.05) is 0 Å². The van der Waals surface area contributed by atoms with Crippen LogP contribution >= 0.6 is 27.7 Å². The molecule has 0 atom stereocenters. The maximum absolute atomic E-state index is 14.9. The highest BCUT2D eigenvalue weighted by Gasteiger charge is 2.25. The van der Waals surface area contributed by atoms with Gasteiger partial charge in [0.05, 0.1) is 17.0 Å². The van der Waals surface area contributed by atoms with Crippen LogP contribution in [0.25, 0.3) is 11.3 Å². The lowest BCUT2D eigenvalue weighted by atomic mass is 10.2. The molecule has 186 valence electrons. The lowest BCUT2D eigenvalue weighted by Gasteiger charge is -2.14. The van der Waals surface area contributed by atoms with E-state index in [1.165, 1.54) is 36.3 Å². The second-order valence-corrected chi connectivity index (χ2v) is 10.6. The summed E-state index contributed by atoms with van der Waals surface area (Å²) in [7, 11) is -4.26. The van der Waals surface area contributed by atoms with Crippen LogP contribution in [-0.4, -0.2) is 29.6 Å². The number of pyridine rings is 1. The number of thioether (sulfide) groups is 1. The van der Waals surface area contributed by atoms with Crippen LogP contribution in [0.15, 0.2) is 70.6 Å². The fourth-order valence-corrected chi connectivity index (χ4v) is 4.92. The number of benzene rings is 2. The molecule has 0 fully saturated rings. The first-order chi connectivity index (χ1) is 17.2. The van der Waals surface area contributed by atoms with Crippen molar-refractivity contribution < 1.29 is 26.3 Å². The number of anilines is 1. The monoisotopic (exact) mass is 596 g/mol. The smallest absolute Gasteiger partial charge is 0.237 e. The number of ether oxygens (including phenoxy) is 1. The van der Waals surface area contributed by atoms with E-state index in [0.29, 0.717) is 28.0 Å². The lowest BCUT2D eigenvalue weighted by Crippen LogP contribution is -2.17. The van der Waals surface area contributed by atoms with Gasteiger partial charge in [-0.15, -0.1) is 0 Å². The third kappa shape index (κ3) is 5.97. The van der Waals surface area contributed by atoms with Crippen molar-refractivity contribution in [1.82, 2.24) is 15.0 Å². The van der Waals surface area contributed by atoms with Gasteiger partial charge in [-0.2, -0.15) is 4.39 Å². The van der Waals surface area contributed by atoms with Gasteiger partial charge >= 0.3 is 0 Å². The van der Waals surface area contributed by atoms with E-state index in [9.17, 15) is 21.6 Å². The van der Waals surface area contributed by atoms with Crippen molar-refractivity contribution in [3.63, 3.8) is 0 Å². The summed E-state index contributed by atoms with van der Waals surface area (Å²) in [5.41, 5.74) is -0.0617. The van der Waals surface area contributed by atoms with Crippen molar-refractivity contribution in [3.05, 3.63) is 88.4 Å². The summed E-state index contributed by atoms with van der Waals surface area (Å²) in [6.45, 7) is 0. The maximum Gasteiger partial charge on any atom is 0.237 e. The maximum atomic E-state index is 14.9. The molecule has 0 aliphatic heterocycles. The van der Waals surface area contributed by atoms with E-state index in [2.05, 4.69) is 30.9 Å². The van der Waals surface area contributed by atoms with Crippen LogP contribution in [0.1, 0.15) is 5.56 Å². The van der Waals surface area contributed by atoms with Gasteiger partial charge in [-0.05, 0) is 42.2 Å². The van der Waals surface area contributed by atoms with Crippen molar-refractivity contribution in [1.29, 1.82) is 0 Å². The second-order valence-electron chi connectivity index (χ2n) is 7.23. The number of halogens is 4. The van der Waals surface area contributed by atoms with Crippen LogP contribution in [0.3, 0.4) is 0 Å². The highest BCUT2D eigenvalue weighted by atomic mass is 79.9. The first-order valence-electron chi connectivity index (χ1n) is 10.1. The normalized spacial score (nSPS) is 11.4. The van der Waals surface area contributed by atoms with Crippen LogP contribution in [-0.2, 0) is 15.8 Å². The average Bonchev–Trinajstić information content (AvgIpc) is 2.86. The Morgan fingerprint density at radius 1 is 1.03 bits per heavy atom. The van der Waals surface area contributed by atoms with Gasteiger partial charge in [-0.25, -0.2) is 32.2 Å². The molecule has 2 aromatic heterocycles. The third-order valence-corrected chi connectivity index (χ3v) is 7.04. The Morgan fingerprint density at radius 3 is 2.50 bits per heavy atom. The van der Waals surface area contributed by atoms with Crippen molar-refractivity contribution in [2.45, 2.75) is 10.9 Å². The standard InChI is InChI=1S/C23H16BrF3N4O3S2/c1-35-23-29-10-8-17(30-23)15-3-2-9-28-22(15)34-18-11-16(25)21(20(27)19(18)26)31-36(32,33)12-13-4-6-14(24)7-5-13/h2-11,31H,12H2,1H3. The molecule has 4 aromatic rings. The molecule has 0 aliphatic rings. The number of rotatable bonds is 8. The molecule has 2 heterocycles. The summed E-state index contributed by atoms with van der Waals surface area (Å²) < 4.78 is 77.3. The van der Waals surface area contributed by atoms with Gasteiger partial charge in [0.2, 0.25) is 21.7 Å². The van der Waals surface area contributed by atoms with Crippen molar-refractivity contribution in [3.8, 4) is 22.9 Å². The second kappa shape index (κ2) is 10.8. The lowest BCUT2D eigenvalue weighted by molar-refractivity contribution is 0.401. The van der Waals surface area contributed by atoms with Gasteiger partial charge in [-0.3, -0.25) is 4.72 Å². The van der Waals surface area contributed by atoms with Crippen LogP contribution in [0, 0.1) is 17.5 Å². The van der Waals surface area contributed by atoms with E-state index >= 15 is 0 Å². The number of sulfonamides is 1. The summed E-state index contributed by atoms with van der Waals surface area (Å²) in [4.78, 5) is 12.4. The molecule has 2 aromatic carbocycles. The van der Waals surface area contributed by atoms with E-state index in [-0.39, 0.29) is 5.88 Å². The third-order valence-electron chi connectivity index (χ3n) is 4.72. The average molecular weight is 597 g/mol. The van der Waals surface area contributed by atoms with E-state index in [0.717, 1.165) is 4.47 Å². The number of hydrogen-bond acceptors (Lipinski definition) is 7. The van der Waals surface area contributed by atoms with Crippen LogP contribution in [0.4, 0.5) is 18.9 Å². The van der Waals surface area contributed by atoms with Gasteiger partial charge in [-0.1, -0.05) is 39.8 Å². The topological polar surface area (TPSA) is 94.1 Å². The Labute approximate surface area is 217 Å². The van der Waals surface area contributed by atoms with Gasteiger partial charge in [0, 0.05) is 22.9 Å². The predicted molar refractivity (Wildman–Crippen MR) is 134 cm³/mol. The molecular weight excluding hydrogens is 581 g/mol. The number of hydrogen-bond donors (Lipinski definition) is 1. The first kappa shape index (κ1) is 25.9. The largest absolute Gasteiger partial charge is 0.435 e. The summed E-state index contributed by atoms with van der Waals surface area (Å²) in [6, 6.07) is 11.6. The molecule has 36 heavy (non-hydrogen) atoms. The highest BCUT2D eigenvalue weighted by molar-refractivity contribution is 9.10. The first-order valence-corrected chi connectivity index (χ1v) is 13.8. The minimum atomic E-state index is -4.26. The van der Waals surface area contributed by atoms with Crippen LogP contribution < -0.4 is 9.46 Å². The Balaban J connectivity index is 1.63. The number of aromatic nitrogens is 3. The summed E-state index contributed by atoms with van der Waals surface area (Å²) in [5, 5.41) is 0.463. The van der Waals surface area contributed by atoms with Crippen molar-refractivity contribution in [2.75, 3.05) is 11.0 Å². The molecule has 0 saturated carbocycles. The molecule has 13 heteroatoms. The number of nitrogens with zero attached hydrogens (tertiary/aromatic N) is 3. The molecule has 4 rings (SSSR count). The highest BCUT2D eigenvalue weighted by Crippen LogP contribution is 2.36. The molecule has 1 N–H and O–H groups in total. The van der Waals surface area contributed by atoms with Gasteiger partial charge in [0.1, 0.15) is 5.69 Å². The van der Waals surface area contributed by atoms with Crippen LogP contribution in [0.2, 0.25) is 0 Å². The minimum absolute atomic E-state index is 0.162. The molecule has 0 amide bonds. The Kier molecular flexibility index (Phi) is 7.81. The van der Waals surface area contributed by atoms with Crippen molar-refractivity contribution >= 4 is 43.4 Å². The molecule has 0 spiro atoms. The van der Waals surface area contributed by atoms with E-state index in [1.54, 1.807) is 41.3 Å². The zero-order chi connectivity index (χ0) is 25.9. The summed E-state index contributed by atoms with van der Waals surface area (Å²) >= 11 is 4.53. The molecule has 0 unspecified atom stereocenters. The van der Waals surface area contributed by atoms with Gasteiger partial charge < -0.3 is 4.74 Å². The quantitative estimate of drug-likeness (QED) is 0.147. The molecule has 0 aliphatic carbocycles. The van der Waals surface area contributed by atoms with Gasteiger partial charge in [0.15, 0.2) is 22.5 Å². The van der Waals surface area contributed by atoms with Gasteiger partial charge in [0.25, 0.3) is 0 Å². The summed E-state index contributed by atoms with van der Waals surface area (Å²) in [5.74, 6) is -6.28.